The van der Waals surface area contributed by atoms with Crippen molar-refractivity contribution in [1.29, 1.82) is 0 Å². The number of thiol groups is 1. The van der Waals surface area contributed by atoms with E-state index in [0.717, 1.165) is 64.2 Å². The predicted molar refractivity (Wildman–Crippen MR) is 193 cm³/mol. The van der Waals surface area contributed by atoms with Crippen LogP contribution >= 0.6 is 12.6 Å². The summed E-state index contributed by atoms with van der Waals surface area (Å²) in [5.41, 5.74) is 0. The molecule has 44 heavy (non-hydrogen) atoms. The van der Waals surface area contributed by atoms with Gasteiger partial charge in [-0.1, -0.05) is 127 Å². The molecule has 0 aromatic rings. The molecule has 0 aliphatic carbocycles. The molecule has 0 bridgehead atoms. The van der Waals surface area contributed by atoms with Crippen LogP contribution in [0.2, 0.25) is 0 Å². The van der Waals surface area contributed by atoms with E-state index in [2.05, 4.69) is 75.1 Å². The Labute approximate surface area is 278 Å². The van der Waals surface area contributed by atoms with Crippen molar-refractivity contribution >= 4 is 24.6 Å². The Morgan fingerprint density at radius 3 is 1.34 bits per heavy atom. The second-order valence-corrected chi connectivity index (χ2v) is 12.3. The summed E-state index contributed by atoms with van der Waals surface area (Å²) in [4.78, 5) is 24.3. The Morgan fingerprint density at radius 1 is 0.523 bits per heavy atom. The van der Waals surface area contributed by atoms with Crippen molar-refractivity contribution in [2.75, 3.05) is 12.4 Å². The maximum atomic E-state index is 12.2. The lowest BCUT2D eigenvalue weighted by Gasteiger charge is -2.16. The molecule has 0 N–H and O–H groups in total. The van der Waals surface area contributed by atoms with E-state index < -0.39 is 6.10 Å². The van der Waals surface area contributed by atoms with Crippen molar-refractivity contribution < 1.29 is 19.1 Å². The number of unbranched alkanes of at least 4 members (excludes halogenated alkanes) is 16. The quantitative estimate of drug-likeness (QED) is 0.0347. The van der Waals surface area contributed by atoms with Crippen molar-refractivity contribution in [1.82, 2.24) is 0 Å². The summed E-state index contributed by atoms with van der Waals surface area (Å²) in [5, 5.41) is 0. The lowest BCUT2D eigenvalue weighted by Crippen LogP contribution is -2.26. The molecule has 0 amide bonds. The van der Waals surface area contributed by atoms with Gasteiger partial charge in [0, 0.05) is 18.6 Å². The zero-order valence-electron chi connectivity index (χ0n) is 28.7. The molecule has 0 aromatic carbocycles. The van der Waals surface area contributed by atoms with E-state index in [4.69, 9.17) is 9.47 Å². The standard InChI is InChI=1S/C39H68O4S/c1-3-5-7-9-11-13-15-17-19-21-23-25-27-29-31-33-38(40)42-35-37(36-44)43-39(41)34-32-30-28-26-24-22-20-18-16-14-12-10-8-6-4-2/h11-14,17-20,37,44H,3-10,15-16,21-36H2,1-2H3/b13-11-,14-12-,19-17-,20-18-. The Balaban J connectivity index is 3.64. The van der Waals surface area contributed by atoms with Gasteiger partial charge in [-0.3, -0.25) is 9.59 Å². The molecular weight excluding hydrogens is 564 g/mol. The number of hydrogen-bond donors (Lipinski definition) is 1. The van der Waals surface area contributed by atoms with Crippen molar-refractivity contribution in [2.45, 2.75) is 174 Å². The normalized spacial score (nSPS) is 12.7. The van der Waals surface area contributed by atoms with Gasteiger partial charge in [-0.25, -0.2) is 0 Å². The SMILES string of the molecule is CCCCC/C=C\C/C=C\CCCCCCCC(=O)OCC(CS)OC(=O)CCCCCCC/C=C\C/C=C\CCCCC. The van der Waals surface area contributed by atoms with Gasteiger partial charge in [0.1, 0.15) is 12.7 Å². The summed E-state index contributed by atoms with van der Waals surface area (Å²) in [7, 11) is 0. The van der Waals surface area contributed by atoms with Crippen LogP contribution in [-0.2, 0) is 19.1 Å². The molecule has 0 aliphatic heterocycles. The van der Waals surface area contributed by atoms with E-state index >= 15 is 0 Å². The van der Waals surface area contributed by atoms with Gasteiger partial charge in [-0.05, 0) is 77.0 Å². The van der Waals surface area contributed by atoms with E-state index in [-0.39, 0.29) is 18.5 Å². The Morgan fingerprint density at radius 2 is 0.909 bits per heavy atom. The second kappa shape index (κ2) is 35.7. The highest BCUT2D eigenvalue weighted by Gasteiger charge is 2.15. The fraction of sp³-hybridized carbons (Fsp3) is 0.744. The minimum atomic E-state index is -0.475. The number of allylic oxidation sites excluding steroid dienone is 8. The molecular formula is C39H68O4S. The van der Waals surface area contributed by atoms with Crippen LogP contribution in [0.25, 0.3) is 0 Å². The predicted octanol–water partition coefficient (Wildman–Crippen LogP) is 12.0. The summed E-state index contributed by atoms with van der Waals surface area (Å²) < 4.78 is 10.8. The highest BCUT2D eigenvalue weighted by atomic mass is 32.1. The molecule has 0 radical (unpaired) electrons. The molecule has 1 atom stereocenters. The lowest BCUT2D eigenvalue weighted by atomic mass is 10.1. The zero-order valence-corrected chi connectivity index (χ0v) is 29.6. The molecule has 254 valence electrons. The van der Waals surface area contributed by atoms with Gasteiger partial charge < -0.3 is 9.47 Å². The first-order valence-electron chi connectivity index (χ1n) is 18.2. The molecule has 0 saturated heterocycles. The molecule has 0 aliphatic rings. The van der Waals surface area contributed by atoms with E-state index in [1.165, 1.54) is 77.0 Å². The van der Waals surface area contributed by atoms with Gasteiger partial charge in [0.25, 0.3) is 0 Å². The number of hydrogen-bond acceptors (Lipinski definition) is 5. The Kier molecular flexibility index (Phi) is 34.3. The van der Waals surface area contributed by atoms with Crippen LogP contribution in [0.15, 0.2) is 48.6 Å². The van der Waals surface area contributed by atoms with Crippen molar-refractivity contribution in [3.63, 3.8) is 0 Å². The van der Waals surface area contributed by atoms with Crippen molar-refractivity contribution in [3.05, 3.63) is 48.6 Å². The fourth-order valence-corrected chi connectivity index (χ4v) is 4.97. The molecule has 5 heteroatoms. The average Bonchev–Trinajstić information content (AvgIpc) is 3.02. The number of ether oxygens (including phenoxy) is 2. The first-order chi connectivity index (χ1) is 21.6. The zero-order chi connectivity index (χ0) is 32.2. The third-order valence-corrected chi connectivity index (χ3v) is 8.00. The summed E-state index contributed by atoms with van der Waals surface area (Å²) in [5.74, 6) is -0.0861. The molecule has 0 heterocycles. The van der Waals surface area contributed by atoms with Crippen LogP contribution in [0.4, 0.5) is 0 Å². The molecule has 0 spiro atoms. The van der Waals surface area contributed by atoms with Crippen LogP contribution in [0.1, 0.15) is 168 Å². The van der Waals surface area contributed by atoms with Crippen LogP contribution in [0, 0.1) is 0 Å². The summed E-state index contributed by atoms with van der Waals surface area (Å²) in [6.45, 7) is 4.57. The van der Waals surface area contributed by atoms with Gasteiger partial charge in [0.15, 0.2) is 0 Å². The maximum absolute atomic E-state index is 12.2. The first kappa shape index (κ1) is 42.2. The smallest absolute Gasteiger partial charge is 0.306 e. The average molecular weight is 633 g/mol. The molecule has 0 fully saturated rings. The van der Waals surface area contributed by atoms with E-state index in [1.807, 2.05) is 0 Å². The number of rotatable bonds is 32. The number of esters is 2. The summed E-state index contributed by atoms with van der Waals surface area (Å²) >= 11 is 4.27. The summed E-state index contributed by atoms with van der Waals surface area (Å²) in [6.07, 6.45) is 44.0. The van der Waals surface area contributed by atoms with E-state index in [1.54, 1.807) is 0 Å². The minimum Gasteiger partial charge on any atom is -0.462 e. The van der Waals surface area contributed by atoms with E-state index in [9.17, 15) is 9.59 Å². The molecule has 0 saturated carbocycles. The highest BCUT2D eigenvalue weighted by Crippen LogP contribution is 2.11. The molecule has 0 rings (SSSR count). The number of carbonyl (C=O) groups excluding carboxylic acids is 2. The summed E-state index contributed by atoms with van der Waals surface area (Å²) in [6, 6.07) is 0. The van der Waals surface area contributed by atoms with Crippen LogP contribution < -0.4 is 0 Å². The van der Waals surface area contributed by atoms with Gasteiger partial charge in [-0.2, -0.15) is 12.6 Å². The maximum Gasteiger partial charge on any atom is 0.306 e. The fourth-order valence-electron chi connectivity index (χ4n) is 4.79. The van der Waals surface area contributed by atoms with Gasteiger partial charge in [-0.15, -0.1) is 0 Å². The Bertz CT molecular complexity index is 755. The van der Waals surface area contributed by atoms with Crippen molar-refractivity contribution in [2.24, 2.45) is 0 Å². The monoisotopic (exact) mass is 632 g/mol. The van der Waals surface area contributed by atoms with Gasteiger partial charge in [0.2, 0.25) is 0 Å². The second-order valence-electron chi connectivity index (χ2n) is 11.9. The van der Waals surface area contributed by atoms with Crippen LogP contribution in [0.5, 0.6) is 0 Å². The molecule has 4 nitrogen and oxygen atoms in total. The van der Waals surface area contributed by atoms with Gasteiger partial charge in [0.05, 0.1) is 0 Å². The molecule has 1 unspecified atom stereocenters. The van der Waals surface area contributed by atoms with Crippen LogP contribution in [-0.4, -0.2) is 30.4 Å². The topological polar surface area (TPSA) is 52.6 Å². The lowest BCUT2D eigenvalue weighted by molar-refractivity contribution is -0.157. The molecule has 0 aromatic heterocycles. The van der Waals surface area contributed by atoms with Crippen molar-refractivity contribution in [3.8, 4) is 0 Å². The third-order valence-electron chi connectivity index (χ3n) is 7.60. The van der Waals surface area contributed by atoms with Crippen LogP contribution in [0.3, 0.4) is 0 Å². The minimum absolute atomic E-state index is 0.0938. The number of carbonyl (C=O) groups is 2. The first-order valence-corrected chi connectivity index (χ1v) is 18.8. The highest BCUT2D eigenvalue weighted by molar-refractivity contribution is 7.80. The van der Waals surface area contributed by atoms with Gasteiger partial charge >= 0.3 is 11.9 Å². The third kappa shape index (κ3) is 33.1. The van der Waals surface area contributed by atoms with E-state index in [0.29, 0.717) is 18.6 Å². The largest absolute Gasteiger partial charge is 0.462 e. The Hall–Kier alpha value is -1.75.